The average molecular weight is 111 g/mol. The van der Waals surface area contributed by atoms with Crippen molar-refractivity contribution in [3.8, 4) is 0 Å². The first-order valence-electron chi connectivity index (χ1n) is 2.93. The predicted molar refractivity (Wildman–Crippen MR) is 33.0 cm³/mol. The molecule has 0 unspecified atom stereocenters. The molecule has 8 heavy (non-hydrogen) atoms. The van der Waals surface area contributed by atoms with Gasteiger partial charge in [-0.15, -0.1) is 0 Å². The highest BCUT2D eigenvalue weighted by Crippen LogP contribution is 1.92. The van der Waals surface area contributed by atoms with Crippen LogP contribution in [0.5, 0.6) is 0 Å². The molecule has 0 aromatic rings. The Kier molecular flexibility index (Phi) is 2.37. The summed E-state index contributed by atoms with van der Waals surface area (Å²) in [4.78, 5) is 2.17. The Labute approximate surface area is 51.2 Å². The van der Waals surface area contributed by atoms with Crippen LogP contribution in [-0.2, 0) is 4.74 Å². The van der Waals surface area contributed by atoms with Crippen molar-refractivity contribution < 1.29 is 4.74 Å². The van der Waals surface area contributed by atoms with Gasteiger partial charge in [-0.05, 0) is 6.44 Å². The molecule has 0 atom stereocenters. The van der Waals surface area contributed by atoms with Crippen LogP contribution in [0.2, 0.25) is 0 Å². The van der Waals surface area contributed by atoms with Crippen molar-refractivity contribution in [3.63, 3.8) is 0 Å². The molecule has 1 saturated heterocycles. The lowest BCUT2D eigenvalue weighted by Crippen LogP contribution is -2.36. The topological polar surface area (TPSA) is 12.5 Å². The monoisotopic (exact) mass is 111 g/mol. The fourth-order valence-electron chi connectivity index (χ4n) is 0.784. The number of nitrogens with zero attached hydrogens (tertiary/aromatic N) is 1. The van der Waals surface area contributed by atoms with Gasteiger partial charge in [0.15, 0.2) is 0 Å². The number of morpholine rings is 1. The van der Waals surface area contributed by atoms with Crippen LogP contribution in [0, 0.1) is 0 Å². The van der Waals surface area contributed by atoms with Crippen LogP contribution in [0.25, 0.3) is 0 Å². The molecule has 1 aliphatic rings. The van der Waals surface area contributed by atoms with E-state index in [9.17, 15) is 0 Å². The molecule has 3 heteroatoms. The third-order valence-corrected chi connectivity index (χ3v) is 1.36. The summed E-state index contributed by atoms with van der Waals surface area (Å²) in [5, 5.41) is 0. The van der Waals surface area contributed by atoms with Crippen molar-refractivity contribution in [3.05, 3.63) is 0 Å². The second-order valence-corrected chi connectivity index (χ2v) is 1.91. The SMILES string of the molecule is [B]CN1CCOCC1. The normalized spacial score (nSPS) is 23.5. The van der Waals surface area contributed by atoms with Crippen molar-refractivity contribution in [2.45, 2.75) is 0 Å². The van der Waals surface area contributed by atoms with E-state index in [-0.39, 0.29) is 0 Å². The number of hydrogen-bond donors (Lipinski definition) is 0. The molecule has 0 aromatic carbocycles. The van der Waals surface area contributed by atoms with Crippen LogP contribution in [0.4, 0.5) is 0 Å². The maximum atomic E-state index is 5.37. The van der Waals surface area contributed by atoms with Gasteiger partial charge in [0, 0.05) is 13.1 Å². The Morgan fingerprint density at radius 3 is 2.38 bits per heavy atom. The van der Waals surface area contributed by atoms with E-state index in [1.54, 1.807) is 0 Å². The summed E-state index contributed by atoms with van der Waals surface area (Å²) in [6.07, 6.45) is 0.670. The number of rotatable bonds is 1. The zero-order valence-corrected chi connectivity index (χ0v) is 4.97. The maximum absolute atomic E-state index is 5.37. The van der Waals surface area contributed by atoms with Crippen LogP contribution in [-0.4, -0.2) is 45.5 Å². The molecule has 0 amide bonds. The average Bonchev–Trinajstić information content (AvgIpc) is 1.90. The highest BCUT2D eigenvalue weighted by molar-refractivity contribution is 6.08. The van der Waals surface area contributed by atoms with E-state index in [0.29, 0.717) is 6.44 Å². The van der Waals surface area contributed by atoms with Crippen molar-refractivity contribution in [1.82, 2.24) is 4.90 Å². The molecule has 2 nitrogen and oxygen atoms in total. The fraction of sp³-hybridized carbons (Fsp3) is 1.00. The second kappa shape index (κ2) is 3.10. The van der Waals surface area contributed by atoms with Crippen molar-refractivity contribution >= 4 is 7.85 Å². The quantitative estimate of drug-likeness (QED) is 0.420. The molecule has 1 aliphatic heterocycles. The standard InChI is InChI=1S/C5H10BNO/c6-5-7-1-3-8-4-2-7/h1-5H2. The predicted octanol–water partition coefficient (Wildman–Crippen LogP) is -0.555. The molecular weight excluding hydrogens is 101 g/mol. The zero-order chi connectivity index (χ0) is 5.82. The van der Waals surface area contributed by atoms with Crippen LogP contribution < -0.4 is 0 Å². The number of ether oxygens (including phenoxy) is 1. The van der Waals surface area contributed by atoms with Gasteiger partial charge in [0.25, 0.3) is 0 Å². The summed E-state index contributed by atoms with van der Waals surface area (Å²) in [6, 6.07) is 0. The smallest absolute Gasteiger partial charge is 0.0863 e. The first-order chi connectivity index (χ1) is 3.93. The summed E-state index contributed by atoms with van der Waals surface area (Å²) in [7, 11) is 5.37. The van der Waals surface area contributed by atoms with Gasteiger partial charge in [-0.2, -0.15) is 0 Å². The van der Waals surface area contributed by atoms with Gasteiger partial charge in [-0.25, -0.2) is 0 Å². The molecular formula is C5H10BNO. The lowest BCUT2D eigenvalue weighted by Gasteiger charge is -2.24. The van der Waals surface area contributed by atoms with Gasteiger partial charge in [0.2, 0.25) is 0 Å². The van der Waals surface area contributed by atoms with Crippen LogP contribution in [0.3, 0.4) is 0 Å². The van der Waals surface area contributed by atoms with E-state index >= 15 is 0 Å². The lowest BCUT2D eigenvalue weighted by molar-refractivity contribution is 0.0466. The molecule has 2 radical (unpaired) electrons. The van der Waals surface area contributed by atoms with Crippen LogP contribution in [0.1, 0.15) is 0 Å². The van der Waals surface area contributed by atoms with Crippen molar-refractivity contribution in [2.75, 3.05) is 32.7 Å². The highest BCUT2D eigenvalue weighted by atomic mass is 16.5. The van der Waals surface area contributed by atoms with Crippen molar-refractivity contribution in [1.29, 1.82) is 0 Å². The van der Waals surface area contributed by atoms with Gasteiger partial charge < -0.3 is 9.64 Å². The van der Waals surface area contributed by atoms with Gasteiger partial charge in [0.1, 0.15) is 0 Å². The van der Waals surface area contributed by atoms with Crippen molar-refractivity contribution in [2.24, 2.45) is 0 Å². The molecule has 0 bridgehead atoms. The van der Waals surface area contributed by atoms with E-state index in [2.05, 4.69) is 4.90 Å². The Morgan fingerprint density at radius 1 is 1.38 bits per heavy atom. The molecule has 0 saturated carbocycles. The molecule has 0 spiro atoms. The molecule has 1 fully saturated rings. The zero-order valence-electron chi connectivity index (χ0n) is 4.97. The Hall–Kier alpha value is -0.0151. The van der Waals surface area contributed by atoms with E-state index in [1.807, 2.05) is 0 Å². The van der Waals surface area contributed by atoms with Crippen LogP contribution >= 0.6 is 0 Å². The summed E-state index contributed by atoms with van der Waals surface area (Å²) >= 11 is 0. The maximum Gasteiger partial charge on any atom is 0.0863 e. The summed E-state index contributed by atoms with van der Waals surface area (Å²) in [5.41, 5.74) is 0. The first-order valence-corrected chi connectivity index (χ1v) is 2.93. The third-order valence-electron chi connectivity index (χ3n) is 1.36. The van der Waals surface area contributed by atoms with Gasteiger partial charge in [-0.1, -0.05) is 0 Å². The van der Waals surface area contributed by atoms with E-state index in [4.69, 9.17) is 12.6 Å². The number of hydrogen-bond acceptors (Lipinski definition) is 2. The molecule has 1 heterocycles. The minimum absolute atomic E-state index is 0.670. The molecule has 0 aliphatic carbocycles. The molecule has 0 aromatic heterocycles. The minimum Gasteiger partial charge on any atom is -0.379 e. The Morgan fingerprint density at radius 2 is 2.00 bits per heavy atom. The summed E-state index contributed by atoms with van der Waals surface area (Å²) in [6.45, 7) is 3.68. The van der Waals surface area contributed by atoms with E-state index in [1.165, 1.54) is 0 Å². The Balaban J connectivity index is 2.13. The van der Waals surface area contributed by atoms with Gasteiger partial charge in [0.05, 0.1) is 21.1 Å². The van der Waals surface area contributed by atoms with Gasteiger partial charge >= 0.3 is 0 Å². The first kappa shape index (κ1) is 6.11. The highest BCUT2D eigenvalue weighted by Gasteiger charge is 2.05. The minimum atomic E-state index is 0.670. The molecule has 1 rings (SSSR count). The van der Waals surface area contributed by atoms with Crippen LogP contribution in [0.15, 0.2) is 0 Å². The molecule has 44 valence electrons. The lowest BCUT2D eigenvalue weighted by atomic mass is 10.1. The third kappa shape index (κ3) is 1.49. The molecule has 0 N–H and O–H groups in total. The summed E-state index contributed by atoms with van der Waals surface area (Å²) < 4.78 is 5.10. The largest absolute Gasteiger partial charge is 0.379 e. The Bertz CT molecular complexity index is 63.4. The fourth-order valence-corrected chi connectivity index (χ4v) is 0.784. The van der Waals surface area contributed by atoms with E-state index in [0.717, 1.165) is 26.3 Å². The second-order valence-electron chi connectivity index (χ2n) is 1.91. The van der Waals surface area contributed by atoms with E-state index < -0.39 is 0 Å². The summed E-state index contributed by atoms with van der Waals surface area (Å²) in [5.74, 6) is 0. The van der Waals surface area contributed by atoms with Gasteiger partial charge in [-0.3, -0.25) is 0 Å².